The molecule has 264 valence electrons. The van der Waals surface area contributed by atoms with Gasteiger partial charge in [-0.15, -0.1) is 0 Å². The maximum Gasteiger partial charge on any atom is 0.0782 e. The zero-order valence-corrected chi connectivity index (χ0v) is 31.6. The van der Waals surface area contributed by atoms with Crippen LogP contribution < -0.4 is 0 Å². The predicted molar refractivity (Wildman–Crippen MR) is 188 cm³/mol. The number of hydrogen-bond acceptors (Lipinski definition) is 4. The van der Waals surface area contributed by atoms with E-state index >= 15 is 0 Å². The van der Waals surface area contributed by atoms with Crippen molar-refractivity contribution in [1.29, 1.82) is 0 Å². The molecule has 0 amide bonds. The third kappa shape index (κ3) is 51.7. The summed E-state index contributed by atoms with van der Waals surface area (Å²) in [5.74, 6) is 0. The van der Waals surface area contributed by atoms with Gasteiger partial charge in [-0.3, -0.25) is 8.42 Å². The number of unbranched alkanes of at least 4 members (excludes halogenated alkanes) is 20. The second-order valence-corrected chi connectivity index (χ2v) is 15.1. The van der Waals surface area contributed by atoms with Crippen LogP contribution in [-0.4, -0.2) is 80.9 Å². The Morgan fingerprint density at radius 1 is 0.349 bits per heavy atom. The van der Waals surface area contributed by atoms with E-state index < -0.39 is 10.4 Å². The van der Waals surface area contributed by atoms with Crippen LogP contribution in [0.1, 0.15) is 182 Å². The lowest BCUT2D eigenvalue weighted by molar-refractivity contribution is -0.890. The third-order valence-corrected chi connectivity index (χ3v) is 8.47. The fourth-order valence-electron chi connectivity index (χ4n) is 5.50. The minimum atomic E-state index is -5.17. The van der Waals surface area contributed by atoms with Crippen molar-refractivity contribution in [3.63, 3.8) is 0 Å². The Morgan fingerprint density at radius 2 is 0.488 bits per heavy atom. The average molecular weight is 637 g/mol. The SMILES string of the molecule is CCCCCCCC[N+](C)(C)CCCCCCCC.CCCCCCCC[N+](C)(C)CCCCCCCC.O=S(=O)([O-])[O-]. The number of quaternary nitrogens is 2. The van der Waals surface area contributed by atoms with Crippen molar-refractivity contribution >= 4 is 10.4 Å². The van der Waals surface area contributed by atoms with E-state index in [-0.39, 0.29) is 0 Å². The highest BCUT2D eigenvalue weighted by Gasteiger charge is 2.14. The molecule has 0 unspecified atom stereocenters. The summed E-state index contributed by atoms with van der Waals surface area (Å²) >= 11 is 0. The van der Waals surface area contributed by atoms with E-state index in [0.29, 0.717) is 0 Å². The van der Waals surface area contributed by atoms with E-state index in [4.69, 9.17) is 17.5 Å². The molecule has 0 bridgehead atoms. The standard InChI is InChI=1S/2C18H40N.H2O4S/c2*1-5-7-9-11-13-15-17-19(3,4)18-16-14-12-10-8-6-2;1-5(2,3)4/h2*5-18H2,1-4H3;(H2,1,2,3,4)/q2*+1;/p-2. The summed E-state index contributed by atoms with van der Waals surface area (Å²) in [6.07, 6.45) is 34.2. The molecule has 0 N–H and O–H groups in total. The van der Waals surface area contributed by atoms with Gasteiger partial charge in [0, 0.05) is 10.4 Å². The molecule has 0 aromatic heterocycles. The largest absolute Gasteiger partial charge is 0.759 e. The van der Waals surface area contributed by atoms with Crippen LogP contribution in [0.2, 0.25) is 0 Å². The van der Waals surface area contributed by atoms with Crippen LogP contribution in [-0.2, 0) is 10.4 Å². The second-order valence-electron chi connectivity index (χ2n) is 14.2. The lowest BCUT2D eigenvalue weighted by atomic mass is 10.1. The second kappa shape index (κ2) is 33.2. The summed E-state index contributed by atoms with van der Waals surface area (Å²) in [5.41, 5.74) is 0. The molecular formula is C36H80N2O4S. The Labute approximate surface area is 272 Å². The molecule has 0 saturated heterocycles. The topological polar surface area (TPSA) is 80.3 Å². The average Bonchev–Trinajstić information content (AvgIpc) is 2.91. The maximum atomic E-state index is 8.52. The Bertz CT molecular complexity index is 555. The molecule has 0 aliphatic heterocycles. The highest BCUT2D eigenvalue weighted by atomic mass is 32.3. The first-order valence-electron chi connectivity index (χ1n) is 18.5. The summed E-state index contributed by atoms with van der Waals surface area (Å²) in [6, 6.07) is 0. The van der Waals surface area contributed by atoms with Gasteiger partial charge in [0.15, 0.2) is 0 Å². The van der Waals surface area contributed by atoms with Gasteiger partial charge < -0.3 is 18.1 Å². The maximum absolute atomic E-state index is 8.52. The molecule has 0 aliphatic carbocycles. The smallest absolute Gasteiger partial charge is 0.0782 e. The molecule has 0 aromatic rings. The summed E-state index contributed by atoms with van der Waals surface area (Å²) in [6.45, 7) is 14.7. The van der Waals surface area contributed by atoms with Crippen LogP contribution in [0, 0.1) is 0 Å². The molecular weight excluding hydrogens is 556 g/mol. The van der Waals surface area contributed by atoms with Gasteiger partial charge in [0.25, 0.3) is 0 Å². The third-order valence-electron chi connectivity index (χ3n) is 8.47. The van der Waals surface area contributed by atoms with Crippen LogP contribution in [0.5, 0.6) is 0 Å². The summed E-state index contributed by atoms with van der Waals surface area (Å²) in [4.78, 5) is 0. The molecule has 0 rings (SSSR count). The normalized spacial score (nSPS) is 12.0. The van der Waals surface area contributed by atoms with Crippen LogP contribution >= 0.6 is 0 Å². The number of rotatable bonds is 28. The van der Waals surface area contributed by atoms with E-state index in [2.05, 4.69) is 55.9 Å². The van der Waals surface area contributed by atoms with E-state index in [0.717, 1.165) is 0 Å². The molecule has 0 spiro atoms. The Morgan fingerprint density at radius 3 is 0.651 bits per heavy atom. The molecule has 0 fully saturated rings. The minimum Gasteiger partial charge on any atom is -0.759 e. The first kappa shape index (κ1) is 47.2. The van der Waals surface area contributed by atoms with Crippen molar-refractivity contribution in [2.45, 2.75) is 182 Å². The molecule has 43 heavy (non-hydrogen) atoms. The predicted octanol–water partition coefficient (Wildman–Crippen LogP) is 10.2. The minimum absolute atomic E-state index is 1.24. The van der Waals surface area contributed by atoms with Gasteiger partial charge in [0.05, 0.1) is 54.4 Å². The van der Waals surface area contributed by atoms with Gasteiger partial charge in [-0.2, -0.15) is 0 Å². The molecule has 0 aromatic carbocycles. The van der Waals surface area contributed by atoms with Crippen LogP contribution in [0.25, 0.3) is 0 Å². The molecule has 0 saturated carbocycles. The van der Waals surface area contributed by atoms with E-state index in [1.54, 1.807) is 0 Å². The molecule has 0 aliphatic rings. The Hall–Kier alpha value is -0.210. The summed E-state index contributed by atoms with van der Waals surface area (Å²) in [5, 5.41) is 0. The van der Waals surface area contributed by atoms with Gasteiger partial charge in [0.2, 0.25) is 0 Å². The van der Waals surface area contributed by atoms with Gasteiger partial charge >= 0.3 is 0 Å². The van der Waals surface area contributed by atoms with Crippen molar-refractivity contribution in [1.82, 2.24) is 0 Å². The fraction of sp³-hybridized carbons (Fsp3) is 1.00. The fourth-order valence-corrected chi connectivity index (χ4v) is 5.50. The lowest BCUT2D eigenvalue weighted by Crippen LogP contribution is -2.41. The van der Waals surface area contributed by atoms with Gasteiger partial charge in [-0.1, -0.05) is 130 Å². The van der Waals surface area contributed by atoms with Gasteiger partial charge in [-0.05, 0) is 51.4 Å². The number of hydrogen-bond donors (Lipinski definition) is 0. The Balaban J connectivity index is -0.000000642. The van der Waals surface area contributed by atoms with E-state index in [1.165, 1.54) is 189 Å². The van der Waals surface area contributed by atoms with E-state index in [1.807, 2.05) is 0 Å². The summed E-state index contributed by atoms with van der Waals surface area (Å²) in [7, 11) is 4.49. The first-order chi connectivity index (χ1) is 20.2. The zero-order chi connectivity index (χ0) is 33.3. The highest BCUT2D eigenvalue weighted by molar-refractivity contribution is 7.79. The van der Waals surface area contributed by atoms with Crippen molar-refractivity contribution in [2.75, 3.05) is 54.4 Å². The van der Waals surface area contributed by atoms with Crippen molar-refractivity contribution in [3.8, 4) is 0 Å². The lowest BCUT2D eigenvalue weighted by Gasteiger charge is -2.30. The Kier molecular flexibility index (Phi) is 36.4. The van der Waals surface area contributed by atoms with Gasteiger partial charge in [-0.25, -0.2) is 0 Å². The van der Waals surface area contributed by atoms with Crippen LogP contribution in [0.3, 0.4) is 0 Å². The van der Waals surface area contributed by atoms with Crippen LogP contribution in [0.4, 0.5) is 0 Å². The molecule has 7 heteroatoms. The van der Waals surface area contributed by atoms with Crippen LogP contribution in [0.15, 0.2) is 0 Å². The van der Waals surface area contributed by atoms with Gasteiger partial charge in [0.1, 0.15) is 0 Å². The molecule has 0 atom stereocenters. The quantitative estimate of drug-likeness (QED) is 0.0370. The molecule has 0 heterocycles. The zero-order valence-electron chi connectivity index (χ0n) is 30.7. The summed E-state index contributed by atoms with van der Waals surface area (Å²) < 4.78 is 36.6. The van der Waals surface area contributed by atoms with Crippen molar-refractivity contribution < 1.29 is 26.5 Å². The molecule has 0 radical (unpaired) electrons. The molecule has 6 nitrogen and oxygen atoms in total. The van der Waals surface area contributed by atoms with E-state index in [9.17, 15) is 0 Å². The first-order valence-corrected chi connectivity index (χ1v) is 19.9. The number of nitrogens with zero attached hydrogens (tertiary/aromatic N) is 2. The highest BCUT2D eigenvalue weighted by Crippen LogP contribution is 2.13. The monoisotopic (exact) mass is 637 g/mol. The van der Waals surface area contributed by atoms with Crippen molar-refractivity contribution in [3.05, 3.63) is 0 Å². The van der Waals surface area contributed by atoms with Crippen molar-refractivity contribution in [2.24, 2.45) is 0 Å².